The summed E-state index contributed by atoms with van der Waals surface area (Å²) < 4.78 is 12.3. The summed E-state index contributed by atoms with van der Waals surface area (Å²) >= 11 is 0. The molecule has 1 amide bonds. The molecule has 25 heavy (non-hydrogen) atoms. The van der Waals surface area contributed by atoms with Gasteiger partial charge in [0.05, 0.1) is 32.5 Å². The predicted octanol–water partition coefficient (Wildman–Crippen LogP) is 3.39. The van der Waals surface area contributed by atoms with Crippen LogP contribution in [-0.4, -0.2) is 29.9 Å². The zero-order valence-electron chi connectivity index (χ0n) is 14.6. The third kappa shape index (κ3) is 3.74. The number of carbonyl (C=O) groups excluding carboxylic acids is 1. The first kappa shape index (κ1) is 16.8. The molecule has 1 heterocycles. The minimum atomic E-state index is -0.0801. The van der Waals surface area contributed by atoms with Crippen molar-refractivity contribution in [3.8, 4) is 11.5 Å². The number of anilines is 1. The average Bonchev–Trinajstić information content (AvgIpc) is 3.02. The number of amides is 1. The van der Waals surface area contributed by atoms with Gasteiger partial charge in [-0.25, -0.2) is 0 Å². The van der Waals surface area contributed by atoms with E-state index < -0.39 is 0 Å². The van der Waals surface area contributed by atoms with Crippen LogP contribution < -0.4 is 14.8 Å². The Bertz CT molecular complexity index is 902. The van der Waals surface area contributed by atoms with Gasteiger partial charge in [0.15, 0.2) is 11.5 Å². The van der Waals surface area contributed by atoms with E-state index in [1.54, 1.807) is 32.4 Å². The van der Waals surface area contributed by atoms with Crippen molar-refractivity contribution >= 4 is 22.5 Å². The van der Waals surface area contributed by atoms with Crippen LogP contribution >= 0.6 is 0 Å². The van der Waals surface area contributed by atoms with Crippen molar-refractivity contribution in [3.63, 3.8) is 0 Å². The SMILES string of the molecule is COc1ccc(NC(=O)CCn2ncc3ccc(C)cc32)cc1OC. The highest BCUT2D eigenvalue weighted by Crippen LogP contribution is 2.29. The van der Waals surface area contributed by atoms with Gasteiger partial charge in [0.2, 0.25) is 5.91 Å². The topological polar surface area (TPSA) is 65.4 Å². The van der Waals surface area contributed by atoms with Gasteiger partial charge in [-0.05, 0) is 30.7 Å². The lowest BCUT2D eigenvalue weighted by Crippen LogP contribution is -2.15. The first-order valence-corrected chi connectivity index (χ1v) is 8.05. The Balaban J connectivity index is 1.65. The van der Waals surface area contributed by atoms with Crippen LogP contribution in [0.25, 0.3) is 10.9 Å². The zero-order chi connectivity index (χ0) is 17.8. The molecule has 2 aromatic carbocycles. The van der Waals surface area contributed by atoms with Crippen LogP contribution in [0.4, 0.5) is 5.69 Å². The number of ether oxygens (including phenoxy) is 2. The largest absolute Gasteiger partial charge is 0.493 e. The molecular weight excluding hydrogens is 318 g/mol. The Morgan fingerprint density at radius 3 is 2.68 bits per heavy atom. The Hall–Kier alpha value is -3.02. The van der Waals surface area contributed by atoms with Crippen molar-refractivity contribution in [2.75, 3.05) is 19.5 Å². The van der Waals surface area contributed by atoms with Crippen molar-refractivity contribution < 1.29 is 14.3 Å². The van der Waals surface area contributed by atoms with Crippen LogP contribution in [0.3, 0.4) is 0 Å². The van der Waals surface area contributed by atoms with E-state index >= 15 is 0 Å². The number of nitrogens with zero attached hydrogens (tertiary/aromatic N) is 2. The summed E-state index contributed by atoms with van der Waals surface area (Å²) in [4.78, 5) is 12.2. The van der Waals surface area contributed by atoms with Crippen LogP contribution in [0.2, 0.25) is 0 Å². The number of methoxy groups -OCH3 is 2. The summed E-state index contributed by atoms with van der Waals surface area (Å²) in [5.74, 6) is 1.12. The molecule has 3 rings (SSSR count). The number of aryl methyl sites for hydroxylation is 2. The molecule has 130 valence electrons. The molecule has 0 spiro atoms. The van der Waals surface area contributed by atoms with E-state index in [1.807, 2.05) is 23.9 Å². The lowest BCUT2D eigenvalue weighted by atomic mass is 10.2. The third-order valence-electron chi connectivity index (χ3n) is 4.02. The highest BCUT2D eigenvalue weighted by Gasteiger charge is 2.09. The molecule has 3 aromatic rings. The molecule has 0 aliphatic heterocycles. The second kappa shape index (κ2) is 7.25. The molecule has 6 nitrogen and oxygen atoms in total. The lowest BCUT2D eigenvalue weighted by molar-refractivity contribution is -0.116. The van der Waals surface area contributed by atoms with Crippen molar-refractivity contribution in [3.05, 3.63) is 48.2 Å². The number of rotatable bonds is 6. The Kier molecular flexibility index (Phi) is 4.88. The molecule has 0 radical (unpaired) electrons. The summed E-state index contributed by atoms with van der Waals surface area (Å²) in [6.07, 6.45) is 2.15. The number of fused-ring (bicyclic) bond motifs is 1. The van der Waals surface area contributed by atoms with Gasteiger partial charge in [-0.15, -0.1) is 0 Å². The lowest BCUT2D eigenvalue weighted by Gasteiger charge is -2.11. The van der Waals surface area contributed by atoms with Gasteiger partial charge < -0.3 is 14.8 Å². The molecular formula is C19H21N3O3. The van der Waals surface area contributed by atoms with E-state index in [-0.39, 0.29) is 5.91 Å². The van der Waals surface area contributed by atoms with Gasteiger partial charge in [0.25, 0.3) is 0 Å². The molecule has 0 unspecified atom stereocenters. The monoisotopic (exact) mass is 339 g/mol. The van der Waals surface area contributed by atoms with Crippen LogP contribution in [0.15, 0.2) is 42.6 Å². The van der Waals surface area contributed by atoms with E-state index in [2.05, 4.69) is 22.5 Å². The molecule has 0 saturated carbocycles. The van der Waals surface area contributed by atoms with E-state index in [0.29, 0.717) is 30.2 Å². The van der Waals surface area contributed by atoms with Crippen molar-refractivity contribution in [1.29, 1.82) is 0 Å². The Morgan fingerprint density at radius 2 is 1.92 bits per heavy atom. The Labute approximate surface area is 146 Å². The fourth-order valence-corrected chi connectivity index (χ4v) is 2.70. The number of nitrogens with one attached hydrogen (secondary N) is 1. The summed E-state index contributed by atoms with van der Waals surface area (Å²) in [6.45, 7) is 2.56. The molecule has 6 heteroatoms. The number of hydrogen-bond acceptors (Lipinski definition) is 4. The van der Waals surface area contributed by atoms with Crippen LogP contribution in [0.5, 0.6) is 11.5 Å². The second-order valence-corrected chi connectivity index (χ2v) is 5.80. The van der Waals surface area contributed by atoms with Gasteiger partial charge in [-0.1, -0.05) is 12.1 Å². The molecule has 0 bridgehead atoms. The highest BCUT2D eigenvalue weighted by molar-refractivity contribution is 5.91. The maximum absolute atomic E-state index is 12.2. The Morgan fingerprint density at radius 1 is 1.12 bits per heavy atom. The second-order valence-electron chi connectivity index (χ2n) is 5.80. The van der Waals surface area contributed by atoms with Gasteiger partial charge in [0.1, 0.15) is 0 Å². The average molecular weight is 339 g/mol. The van der Waals surface area contributed by atoms with Crippen LogP contribution in [0.1, 0.15) is 12.0 Å². The number of aromatic nitrogens is 2. The normalized spacial score (nSPS) is 10.7. The molecule has 0 fully saturated rings. The molecule has 1 N–H and O–H groups in total. The minimum absolute atomic E-state index is 0.0801. The standard InChI is InChI=1S/C19H21N3O3/c1-13-4-5-14-12-20-22(16(14)10-13)9-8-19(23)21-15-6-7-17(24-2)18(11-15)25-3/h4-7,10-12H,8-9H2,1-3H3,(H,21,23). The summed E-state index contributed by atoms with van der Waals surface area (Å²) in [5.41, 5.74) is 2.88. The summed E-state index contributed by atoms with van der Waals surface area (Å²) in [6, 6.07) is 11.5. The van der Waals surface area contributed by atoms with Gasteiger partial charge >= 0.3 is 0 Å². The molecule has 0 aliphatic carbocycles. The van der Waals surface area contributed by atoms with Crippen molar-refractivity contribution in [2.24, 2.45) is 0 Å². The molecule has 0 aliphatic rings. The number of benzene rings is 2. The maximum Gasteiger partial charge on any atom is 0.226 e. The summed E-state index contributed by atoms with van der Waals surface area (Å²) in [5, 5.41) is 8.31. The van der Waals surface area contributed by atoms with Crippen LogP contribution in [-0.2, 0) is 11.3 Å². The van der Waals surface area contributed by atoms with Crippen molar-refractivity contribution in [2.45, 2.75) is 19.9 Å². The van der Waals surface area contributed by atoms with Gasteiger partial charge in [0, 0.05) is 23.6 Å². The van der Waals surface area contributed by atoms with Crippen LogP contribution in [0, 0.1) is 6.92 Å². The predicted molar refractivity (Wildman–Crippen MR) is 97.3 cm³/mol. The van der Waals surface area contributed by atoms with E-state index in [0.717, 1.165) is 10.9 Å². The van der Waals surface area contributed by atoms with E-state index in [9.17, 15) is 4.79 Å². The summed E-state index contributed by atoms with van der Waals surface area (Å²) in [7, 11) is 3.14. The zero-order valence-corrected chi connectivity index (χ0v) is 14.6. The molecule has 1 aromatic heterocycles. The fraction of sp³-hybridized carbons (Fsp3) is 0.263. The molecule has 0 saturated heterocycles. The van der Waals surface area contributed by atoms with E-state index in [4.69, 9.17) is 9.47 Å². The van der Waals surface area contributed by atoms with Crippen molar-refractivity contribution in [1.82, 2.24) is 9.78 Å². The van der Waals surface area contributed by atoms with E-state index in [1.165, 1.54) is 5.56 Å². The number of carbonyl (C=O) groups is 1. The smallest absolute Gasteiger partial charge is 0.226 e. The minimum Gasteiger partial charge on any atom is -0.493 e. The third-order valence-corrected chi connectivity index (χ3v) is 4.02. The number of hydrogen-bond donors (Lipinski definition) is 1. The highest BCUT2D eigenvalue weighted by atomic mass is 16.5. The van der Waals surface area contributed by atoms with Gasteiger partial charge in [-0.3, -0.25) is 9.48 Å². The molecule has 0 atom stereocenters. The first-order valence-electron chi connectivity index (χ1n) is 8.05. The maximum atomic E-state index is 12.2. The first-order chi connectivity index (χ1) is 12.1. The van der Waals surface area contributed by atoms with Gasteiger partial charge in [-0.2, -0.15) is 5.10 Å². The fourth-order valence-electron chi connectivity index (χ4n) is 2.70. The quantitative estimate of drug-likeness (QED) is 0.747.